The van der Waals surface area contributed by atoms with E-state index in [-0.39, 0.29) is 12.6 Å². The molecule has 0 heterocycles. The minimum absolute atomic E-state index is 0.0165. The Kier molecular flexibility index (Phi) is 6.29. The Morgan fingerprint density at radius 3 is 2.79 bits per heavy atom. The highest BCUT2D eigenvalue weighted by Gasteiger charge is 2.13. The van der Waals surface area contributed by atoms with Crippen molar-refractivity contribution in [3.8, 4) is 5.75 Å². The molecule has 1 N–H and O–H groups in total. The van der Waals surface area contributed by atoms with E-state index < -0.39 is 11.8 Å². The molecule has 4 nitrogen and oxygen atoms in total. The molecule has 0 bridgehead atoms. The van der Waals surface area contributed by atoms with Crippen molar-refractivity contribution in [2.24, 2.45) is 0 Å². The molecule has 1 unspecified atom stereocenters. The number of hydrogen-bond donors (Lipinski definition) is 1. The lowest BCUT2D eigenvalue weighted by Gasteiger charge is -2.17. The van der Waals surface area contributed by atoms with Gasteiger partial charge in [-0.2, -0.15) is 0 Å². The predicted molar refractivity (Wildman–Crippen MR) is 70.6 cm³/mol. The third kappa shape index (κ3) is 4.87. The van der Waals surface area contributed by atoms with Crippen molar-refractivity contribution in [1.29, 1.82) is 0 Å². The van der Waals surface area contributed by atoms with E-state index in [2.05, 4.69) is 5.32 Å². The molecule has 0 aliphatic heterocycles. The second-order valence-corrected chi connectivity index (χ2v) is 4.06. The first-order valence-corrected chi connectivity index (χ1v) is 6.39. The Labute approximate surface area is 112 Å². The van der Waals surface area contributed by atoms with Gasteiger partial charge in [0.15, 0.2) is 6.61 Å². The smallest absolute Gasteiger partial charge is 0.344 e. The molecule has 1 aromatic rings. The van der Waals surface area contributed by atoms with Gasteiger partial charge in [0.2, 0.25) is 0 Å². The Hall–Kier alpha value is -1.62. The Morgan fingerprint density at radius 2 is 2.16 bits per heavy atom. The summed E-state index contributed by atoms with van der Waals surface area (Å²) in [6.07, 6.45) is 0. The third-order valence-electron chi connectivity index (χ3n) is 2.60. The molecule has 0 aliphatic carbocycles. The second-order valence-electron chi connectivity index (χ2n) is 4.06. The number of benzene rings is 1. The summed E-state index contributed by atoms with van der Waals surface area (Å²) in [5.74, 6) is -0.498. The topological polar surface area (TPSA) is 47.6 Å². The number of hydrogen-bond acceptors (Lipinski definition) is 4. The van der Waals surface area contributed by atoms with Gasteiger partial charge in [-0.25, -0.2) is 9.18 Å². The summed E-state index contributed by atoms with van der Waals surface area (Å²) in [6, 6.07) is 4.33. The zero-order valence-corrected chi connectivity index (χ0v) is 11.5. The first kappa shape index (κ1) is 15.4. The third-order valence-corrected chi connectivity index (χ3v) is 2.60. The molecule has 0 aliphatic rings. The zero-order valence-electron chi connectivity index (χ0n) is 11.5. The Morgan fingerprint density at radius 1 is 1.42 bits per heavy atom. The summed E-state index contributed by atoms with van der Waals surface area (Å²) in [5.41, 5.74) is 0.813. The molecule has 0 saturated carbocycles. The molecule has 5 heteroatoms. The minimum atomic E-state index is -0.464. The quantitative estimate of drug-likeness (QED) is 0.772. The van der Waals surface area contributed by atoms with Crippen LogP contribution in [0.4, 0.5) is 4.39 Å². The molecule has 1 atom stereocenters. The molecular weight excluding hydrogens is 249 g/mol. The van der Waals surface area contributed by atoms with Gasteiger partial charge in [-0.1, -0.05) is 13.0 Å². The largest absolute Gasteiger partial charge is 0.481 e. The fourth-order valence-corrected chi connectivity index (χ4v) is 1.75. The average molecular weight is 269 g/mol. The number of halogens is 1. The SMILES string of the molecule is CCNC(C)c1ccc(F)cc1OCC(=O)OCC. The number of carbonyl (C=O) groups is 1. The van der Waals surface area contributed by atoms with E-state index >= 15 is 0 Å². The van der Waals surface area contributed by atoms with Crippen molar-refractivity contribution in [3.05, 3.63) is 29.6 Å². The van der Waals surface area contributed by atoms with E-state index in [1.54, 1.807) is 13.0 Å². The first-order chi connectivity index (χ1) is 9.08. The van der Waals surface area contributed by atoms with Crippen LogP contribution in [0.2, 0.25) is 0 Å². The van der Waals surface area contributed by atoms with Crippen LogP contribution in [0.3, 0.4) is 0 Å². The fourth-order valence-electron chi connectivity index (χ4n) is 1.75. The van der Waals surface area contributed by atoms with Gasteiger partial charge < -0.3 is 14.8 Å². The number of rotatable bonds is 7. The minimum Gasteiger partial charge on any atom is -0.481 e. The number of carbonyl (C=O) groups excluding carboxylic acids is 1. The van der Waals surface area contributed by atoms with Crippen LogP contribution < -0.4 is 10.1 Å². The first-order valence-electron chi connectivity index (χ1n) is 6.39. The molecule has 0 radical (unpaired) electrons. The van der Waals surface area contributed by atoms with Gasteiger partial charge in [-0.3, -0.25) is 0 Å². The summed E-state index contributed by atoms with van der Waals surface area (Å²) < 4.78 is 23.4. The number of nitrogens with one attached hydrogen (secondary N) is 1. The van der Waals surface area contributed by atoms with E-state index in [0.29, 0.717) is 12.4 Å². The molecule has 0 amide bonds. The summed E-state index contributed by atoms with van der Waals surface area (Å²) >= 11 is 0. The molecule has 106 valence electrons. The van der Waals surface area contributed by atoms with Gasteiger partial charge >= 0.3 is 5.97 Å². The van der Waals surface area contributed by atoms with Crippen molar-refractivity contribution in [2.75, 3.05) is 19.8 Å². The highest BCUT2D eigenvalue weighted by atomic mass is 19.1. The molecule has 1 rings (SSSR count). The average Bonchev–Trinajstić information content (AvgIpc) is 2.37. The van der Waals surface area contributed by atoms with Gasteiger partial charge in [0, 0.05) is 17.7 Å². The van der Waals surface area contributed by atoms with Crippen LogP contribution in [0.15, 0.2) is 18.2 Å². The molecule has 1 aromatic carbocycles. The van der Waals surface area contributed by atoms with Crippen molar-refractivity contribution < 1.29 is 18.7 Å². The van der Waals surface area contributed by atoms with Crippen LogP contribution in [-0.2, 0) is 9.53 Å². The summed E-state index contributed by atoms with van der Waals surface area (Å²) in [4.78, 5) is 11.3. The van der Waals surface area contributed by atoms with E-state index in [0.717, 1.165) is 12.1 Å². The van der Waals surface area contributed by atoms with E-state index in [4.69, 9.17) is 9.47 Å². The van der Waals surface area contributed by atoms with Gasteiger partial charge in [0.05, 0.1) is 6.61 Å². The van der Waals surface area contributed by atoms with Crippen molar-refractivity contribution >= 4 is 5.97 Å². The maximum Gasteiger partial charge on any atom is 0.344 e. The van der Waals surface area contributed by atoms with Crippen molar-refractivity contribution in [3.63, 3.8) is 0 Å². The standard InChI is InChI=1S/C14H20FNO3/c1-4-16-10(3)12-7-6-11(15)8-13(12)19-9-14(17)18-5-2/h6-8,10,16H,4-5,9H2,1-3H3. The molecule has 0 spiro atoms. The molecule has 19 heavy (non-hydrogen) atoms. The van der Waals surface area contributed by atoms with Crippen LogP contribution in [0.1, 0.15) is 32.4 Å². The van der Waals surface area contributed by atoms with Gasteiger partial charge in [-0.15, -0.1) is 0 Å². The Balaban J connectivity index is 2.79. The normalized spacial score (nSPS) is 12.0. The van der Waals surface area contributed by atoms with Crippen molar-refractivity contribution in [2.45, 2.75) is 26.8 Å². The van der Waals surface area contributed by atoms with Gasteiger partial charge in [0.1, 0.15) is 11.6 Å². The molecule has 0 fully saturated rings. The summed E-state index contributed by atoms with van der Waals surface area (Å²) in [5, 5.41) is 3.22. The summed E-state index contributed by atoms with van der Waals surface area (Å²) in [6.45, 7) is 6.52. The van der Waals surface area contributed by atoms with Crippen LogP contribution in [-0.4, -0.2) is 25.7 Å². The maximum absolute atomic E-state index is 13.3. The number of esters is 1. The monoisotopic (exact) mass is 269 g/mol. The van der Waals surface area contributed by atoms with Gasteiger partial charge in [0.25, 0.3) is 0 Å². The maximum atomic E-state index is 13.3. The Bertz CT molecular complexity index is 423. The number of ether oxygens (including phenoxy) is 2. The highest BCUT2D eigenvalue weighted by molar-refractivity contribution is 5.71. The lowest BCUT2D eigenvalue weighted by atomic mass is 10.1. The fraction of sp³-hybridized carbons (Fsp3) is 0.500. The van der Waals surface area contributed by atoms with Crippen LogP contribution >= 0.6 is 0 Å². The second kappa shape index (κ2) is 7.74. The van der Waals surface area contributed by atoms with Crippen LogP contribution in [0.5, 0.6) is 5.75 Å². The predicted octanol–water partition coefficient (Wildman–Crippen LogP) is 2.44. The zero-order chi connectivity index (χ0) is 14.3. The van der Waals surface area contributed by atoms with E-state index in [1.165, 1.54) is 12.1 Å². The van der Waals surface area contributed by atoms with Gasteiger partial charge in [-0.05, 0) is 26.5 Å². The van der Waals surface area contributed by atoms with E-state index in [9.17, 15) is 9.18 Å². The highest BCUT2D eigenvalue weighted by Crippen LogP contribution is 2.26. The van der Waals surface area contributed by atoms with Crippen molar-refractivity contribution in [1.82, 2.24) is 5.32 Å². The van der Waals surface area contributed by atoms with E-state index in [1.807, 2.05) is 13.8 Å². The van der Waals surface area contributed by atoms with Crippen LogP contribution in [0, 0.1) is 5.82 Å². The van der Waals surface area contributed by atoms with Crippen LogP contribution in [0.25, 0.3) is 0 Å². The molecular formula is C14H20FNO3. The molecule has 0 saturated heterocycles. The summed E-state index contributed by atoms with van der Waals surface area (Å²) in [7, 11) is 0. The molecule has 0 aromatic heterocycles. The lowest BCUT2D eigenvalue weighted by molar-refractivity contribution is -0.145. The lowest BCUT2D eigenvalue weighted by Crippen LogP contribution is -2.20.